The molecule has 0 aromatic heterocycles. The van der Waals surface area contributed by atoms with Gasteiger partial charge in [0.25, 0.3) is 0 Å². The van der Waals surface area contributed by atoms with E-state index in [0.29, 0.717) is 30.8 Å². The highest BCUT2D eigenvalue weighted by atomic mass is 16.2. The standard InChI is InChI=1S/C17H26N4O2/c1-11-14(12(2)21-20-11)8-9-16(22)19-15(17(18)23)10-13-6-4-3-5-7-13/h3-7,11-12,14-15,20-21H,8-10H2,1-2H3,(H2,18,23)(H,19,22)/t11?,12?,14?,15-/m0/s1. The molecule has 1 fully saturated rings. The number of nitrogens with two attached hydrogens (primary N) is 1. The van der Waals surface area contributed by atoms with E-state index in [9.17, 15) is 9.59 Å². The minimum absolute atomic E-state index is 0.129. The molecule has 1 aromatic carbocycles. The summed E-state index contributed by atoms with van der Waals surface area (Å²) in [5.74, 6) is -0.244. The molecule has 2 amide bonds. The van der Waals surface area contributed by atoms with Crippen molar-refractivity contribution < 1.29 is 9.59 Å². The second kappa shape index (κ2) is 8.08. The van der Waals surface area contributed by atoms with Crippen molar-refractivity contribution in [3.8, 4) is 0 Å². The monoisotopic (exact) mass is 318 g/mol. The van der Waals surface area contributed by atoms with Crippen LogP contribution in [0, 0.1) is 5.92 Å². The molecule has 1 saturated heterocycles. The second-order valence-electron chi connectivity index (χ2n) is 6.28. The molecule has 0 saturated carbocycles. The number of carbonyl (C=O) groups is 2. The van der Waals surface area contributed by atoms with Gasteiger partial charge in [-0.3, -0.25) is 20.4 Å². The number of rotatable bonds is 7. The van der Waals surface area contributed by atoms with Crippen LogP contribution in [0.1, 0.15) is 32.3 Å². The van der Waals surface area contributed by atoms with Crippen LogP contribution in [0.2, 0.25) is 0 Å². The van der Waals surface area contributed by atoms with Crippen LogP contribution in [0.5, 0.6) is 0 Å². The SMILES string of the molecule is CC1NNC(C)C1CCC(=O)N[C@@H](Cc1ccccc1)C(N)=O. The number of nitrogens with one attached hydrogen (secondary N) is 3. The molecule has 0 radical (unpaired) electrons. The Balaban J connectivity index is 1.84. The molecule has 6 heteroatoms. The largest absolute Gasteiger partial charge is 0.368 e. The predicted octanol–water partition coefficient (Wildman–Crippen LogP) is 0.480. The van der Waals surface area contributed by atoms with Gasteiger partial charge in [0, 0.05) is 24.9 Å². The number of amides is 2. The van der Waals surface area contributed by atoms with E-state index < -0.39 is 11.9 Å². The van der Waals surface area contributed by atoms with Crippen LogP contribution in [0.3, 0.4) is 0 Å². The number of benzene rings is 1. The number of hydrogen-bond acceptors (Lipinski definition) is 4. The normalized spacial score (nSPS) is 25.0. The predicted molar refractivity (Wildman–Crippen MR) is 89.2 cm³/mol. The van der Waals surface area contributed by atoms with Gasteiger partial charge in [-0.25, -0.2) is 0 Å². The summed E-state index contributed by atoms with van der Waals surface area (Å²) in [6.45, 7) is 4.20. The molecular weight excluding hydrogens is 292 g/mol. The fraction of sp³-hybridized carbons (Fsp3) is 0.529. The molecule has 5 N–H and O–H groups in total. The molecule has 1 aliphatic rings. The maximum absolute atomic E-state index is 12.2. The highest BCUT2D eigenvalue weighted by Crippen LogP contribution is 2.20. The zero-order valence-electron chi connectivity index (χ0n) is 13.7. The first kappa shape index (κ1) is 17.4. The molecule has 0 aliphatic carbocycles. The molecular formula is C17H26N4O2. The van der Waals surface area contributed by atoms with E-state index in [2.05, 4.69) is 30.0 Å². The number of hydrogen-bond donors (Lipinski definition) is 4. The van der Waals surface area contributed by atoms with Crippen molar-refractivity contribution >= 4 is 11.8 Å². The van der Waals surface area contributed by atoms with Gasteiger partial charge in [-0.1, -0.05) is 30.3 Å². The lowest BCUT2D eigenvalue weighted by atomic mass is 9.91. The summed E-state index contributed by atoms with van der Waals surface area (Å²) in [6.07, 6.45) is 1.58. The van der Waals surface area contributed by atoms with Crippen molar-refractivity contribution in [2.75, 3.05) is 0 Å². The zero-order chi connectivity index (χ0) is 16.8. The first-order chi connectivity index (χ1) is 11.0. The second-order valence-corrected chi connectivity index (χ2v) is 6.28. The van der Waals surface area contributed by atoms with E-state index in [0.717, 1.165) is 12.0 Å². The maximum atomic E-state index is 12.2. The smallest absolute Gasteiger partial charge is 0.240 e. The molecule has 126 valence electrons. The van der Waals surface area contributed by atoms with Gasteiger partial charge in [-0.2, -0.15) is 0 Å². The maximum Gasteiger partial charge on any atom is 0.240 e. The van der Waals surface area contributed by atoms with Crippen molar-refractivity contribution in [2.24, 2.45) is 11.7 Å². The van der Waals surface area contributed by atoms with Gasteiger partial charge in [0.1, 0.15) is 6.04 Å². The Labute approximate surface area is 137 Å². The van der Waals surface area contributed by atoms with Crippen LogP contribution >= 0.6 is 0 Å². The molecule has 0 bridgehead atoms. The summed E-state index contributed by atoms with van der Waals surface area (Å²) in [5, 5.41) is 2.76. The van der Waals surface area contributed by atoms with E-state index in [-0.39, 0.29) is 5.91 Å². The van der Waals surface area contributed by atoms with Crippen molar-refractivity contribution in [1.29, 1.82) is 0 Å². The molecule has 1 aliphatic heterocycles. The molecule has 2 rings (SSSR count). The Kier molecular flexibility index (Phi) is 6.12. The Morgan fingerprint density at radius 1 is 1.17 bits per heavy atom. The quantitative estimate of drug-likeness (QED) is 0.588. The number of primary amides is 1. The van der Waals surface area contributed by atoms with Crippen LogP contribution in [0.4, 0.5) is 0 Å². The molecule has 2 unspecified atom stereocenters. The van der Waals surface area contributed by atoms with E-state index in [4.69, 9.17) is 5.73 Å². The van der Waals surface area contributed by atoms with E-state index in [1.165, 1.54) is 0 Å². The van der Waals surface area contributed by atoms with Crippen molar-refractivity contribution in [1.82, 2.24) is 16.2 Å². The van der Waals surface area contributed by atoms with Crippen molar-refractivity contribution in [3.63, 3.8) is 0 Å². The fourth-order valence-electron chi connectivity index (χ4n) is 3.05. The Bertz CT molecular complexity index is 525. The fourth-order valence-corrected chi connectivity index (χ4v) is 3.05. The average molecular weight is 318 g/mol. The first-order valence-electron chi connectivity index (χ1n) is 8.11. The third-order valence-corrected chi connectivity index (χ3v) is 4.49. The molecule has 3 atom stereocenters. The van der Waals surface area contributed by atoms with E-state index in [1.54, 1.807) is 0 Å². The van der Waals surface area contributed by atoms with Gasteiger partial charge >= 0.3 is 0 Å². The first-order valence-corrected chi connectivity index (χ1v) is 8.11. The molecule has 1 heterocycles. The Morgan fingerprint density at radius 3 is 2.35 bits per heavy atom. The van der Waals surface area contributed by atoms with Crippen molar-refractivity contribution in [3.05, 3.63) is 35.9 Å². The lowest BCUT2D eigenvalue weighted by molar-refractivity contribution is -0.127. The summed E-state index contributed by atoms with van der Waals surface area (Å²) in [7, 11) is 0. The summed E-state index contributed by atoms with van der Waals surface area (Å²) in [4.78, 5) is 23.7. The lowest BCUT2D eigenvalue weighted by Crippen LogP contribution is -2.46. The van der Waals surface area contributed by atoms with Crippen molar-refractivity contribution in [2.45, 2.75) is 51.2 Å². The van der Waals surface area contributed by atoms with Crippen LogP contribution < -0.4 is 21.9 Å². The highest BCUT2D eigenvalue weighted by Gasteiger charge is 2.30. The van der Waals surface area contributed by atoms with Gasteiger partial charge < -0.3 is 11.1 Å². The third-order valence-electron chi connectivity index (χ3n) is 4.49. The topological polar surface area (TPSA) is 96.2 Å². The third kappa shape index (κ3) is 5.04. The Hall–Kier alpha value is -1.92. The molecule has 6 nitrogen and oxygen atoms in total. The number of hydrazine groups is 1. The lowest BCUT2D eigenvalue weighted by Gasteiger charge is -2.19. The van der Waals surface area contributed by atoms with Gasteiger partial charge in [0.15, 0.2) is 0 Å². The zero-order valence-corrected chi connectivity index (χ0v) is 13.7. The van der Waals surface area contributed by atoms with Gasteiger partial charge in [0.05, 0.1) is 0 Å². The Morgan fingerprint density at radius 2 is 1.78 bits per heavy atom. The van der Waals surface area contributed by atoms with E-state index >= 15 is 0 Å². The van der Waals surface area contributed by atoms with Gasteiger partial charge in [-0.15, -0.1) is 0 Å². The summed E-state index contributed by atoms with van der Waals surface area (Å²) in [6, 6.07) is 9.54. The summed E-state index contributed by atoms with van der Waals surface area (Å²) in [5.41, 5.74) is 12.8. The van der Waals surface area contributed by atoms with Gasteiger partial charge in [0.2, 0.25) is 11.8 Å². The summed E-state index contributed by atoms with van der Waals surface area (Å²) >= 11 is 0. The molecule has 23 heavy (non-hydrogen) atoms. The van der Waals surface area contributed by atoms with Crippen LogP contribution in [-0.2, 0) is 16.0 Å². The van der Waals surface area contributed by atoms with E-state index in [1.807, 2.05) is 30.3 Å². The summed E-state index contributed by atoms with van der Waals surface area (Å²) < 4.78 is 0. The average Bonchev–Trinajstić information content (AvgIpc) is 2.84. The molecule has 0 spiro atoms. The minimum atomic E-state index is -0.667. The van der Waals surface area contributed by atoms with Gasteiger partial charge in [-0.05, 0) is 31.7 Å². The number of carbonyl (C=O) groups excluding carboxylic acids is 2. The van der Waals surface area contributed by atoms with Crippen LogP contribution in [0.25, 0.3) is 0 Å². The van der Waals surface area contributed by atoms with Crippen LogP contribution in [-0.4, -0.2) is 29.9 Å². The van der Waals surface area contributed by atoms with Crippen LogP contribution in [0.15, 0.2) is 30.3 Å². The highest BCUT2D eigenvalue weighted by molar-refractivity contribution is 5.86. The molecule has 1 aromatic rings. The minimum Gasteiger partial charge on any atom is -0.368 e.